The number of hydrogen-bond acceptors (Lipinski definition) is 7. The van der Waals surface area contributed by atoms with Crippen molar-refractivity contribution in [2.75, 3.05) is 11.4 Å². The number of thiazole rings is 1. The van der Waals surface area contributed by atoms with Crippen LogP contribution in [0.2, 0.25) is 0 Å². The Hall–Kier alpha value is -2.37. The molecule has 0 bridgehead atoms. The Morgan fingerprint density at radius 3 is 2.72 bits per heavy atom. The topological polar surface area (TPSA) is 95.0 Å². The smallest absolute Gasteiger partial charge is 0.263 e. The first-order valence-electron chi connectivity index (χ1n) is 11.3. The van der Waals surface area contributed by atoms with Gasteiger partial charge >= 0.3 is 0 Å². The maximum atomic E-state index is 15.1. The van der Waals surface area contributed by atoms with Crippen LogP contribution in [0, 0.1) is 19.7 Å². The highest BCUT2D eigenvalue weighted by Crippen LogP contribution is 2.39. The zero-order chi connectivity index (χ0) is 24.8. The number of halogens is 1. The van der Waals surface area contributed by atoms with E-state index in [1.54, 1.807) is 25.7 Å². The summed E-state index contributed by atoms with van der Waals surface area (Å²) in [5.74, 6) is -1.70. The van der Waals surface area contributed by atoms with Crippen LogP contribution in [-0.4, -0.2) is 48.3 Å². The monoisotopic (exact) mass is 479 g/mol. The number of hydrogen-bond donors (Lipinski definition) is 1. The first-order chi connectivity index (χ1) is 15.7. The second kappa shape index (κ2) is 7.06. The van der Waals surface area contributed by atoms with Crippen LogP contribution in [-0.2, 0) is 16.5 Å². The molecule has 170 valence electrons. The number of amides is 1. The van der Waals surface area contributed by atoms with Crippen LogP contribution in [0.15, 0.2) is 22.0 Å². The van der Waals surface area contributed by atoms with Crippen molar-refractivity contribution in [2.24, 2.45) is 4.99 Å². The van der Waals surface area contributed by atoms with Gasteiger partial charge in [-0.2, -0.15) is 0 Å². The number of carbonyl (C=O) groups is 1. The number of nitrogens with zero attached hydrogens (tertiary/aromatic N) is 4. The normalized spacial score (nSPS) is 22.8. The van der Waals surface area contributed by atoms with Crippen molar-refractivity contribution >= 4 is 38.9 Å². The van der Waals surface area contributed by atoms with Gasteiger partial charge in [0.05, 0.1) is 43.8 Å². The quantitative estimate of drug-likeness (QED) is 0.712. The Balaban J connectivity index is 1.67. The molecule has 2 aliphatic heterocycles. The van der Waals surface area contributed by atoms with Gasteiger partial charge < -0.3 is 4.90 Å². The molecule has 0 radical (unpaired) electrons. The second-order valence-corrected chi connectivity index (χ2v) is 11.6. The van der Waals surface area contributed by atoms with Gasteiger partial charge in [0.25, 0.3) is 5.91 Å². The van der Waals surface area contributed by atoms with Crippen molar-refractivity contribution in [2.45, 2.75) is 63.5 Å². The number of anilines is 1. The maximum absolute atomic E-state index is 15.1. The van der Waals surface area contributed by atoms with Crippen molar-refractivity contribution in [3.63, 3.8) is 0 Å². The molecule has 3 heterocycles. The van der Waals surface area contributed by atoms with Crippen LogP contribution in [0.3, 0.4) is 0 Å². The fourth-order valence-corrected chi connectivity index (χ4v) is 6.29. The predicted molar refractivity (Wildman–Crippen MR) is 120 cm³/mol. The minimum absolute atomic E-state index is 0.0686. The molecule has 11 heteroatoms. The van der Waals surface area contributed by atoms with Crippen LogP contribution >= 0.6 is 11.3 Å². The number of rotatable bonds is 5. The van der Waals surface area contributed by atoms with Gasteiger partial charge in [0.15, 0.2) is 0 Å². The lowest BCUT2D eigenvalue weighted by molar-refractivity contribution is 0.0833. The molecule has 1 amide bonds. The van der Waals surface area contributed by atoms with E-state index in [9.17, 15) is 13.2 Å². The van der Waals surface area contributed by atoms with Gasteiger partial charge in [-0.3, -0.25) is 14.7 Å². The number of sulfonamides is 1. The summed E-state index contributed by atoms with van der Waals surface area (Å²) in [6.07, 6.45) is 1.29. The summed E-state index contributed by atoms with van der Waals surface area (Å²) < 4.78 is 61.3. The minimum Gasteiger partial charge on any atom is -0.307 e. The largest absolute Gasteiger partial charge is 0.307 e. The molecule has 2 aromatic rings. The Labute approximate surface area is 193 Å². The van der Waals surface area contributed by atoms with E-state index in [1.165, 1.54) is 0 Å². The highest BCUT2D eigenvalue weighted by Gasteiger charge is 2.44. The molecule has 1 aliphatic carbocycles. The Bertz CT molecular complexity index is 1370. The fourth-order valence-electron chi connectivity index (χ4n) is 3.93. The SMILES string of the molecule is [2H]C([2H])(c1sc(C)nc1C)N1C(=O)c2cc(S(=O)(=O)NC3(C)CC3)c(F)cc2N2C1=NC[C@H]2C. The van der Waals surface area contributed by atoms with E-state index >= 15 is 4.39 Å². The summed E-state index contributed by atoms with van der Waals surface area (Å²) in [5.41, 5.74) is -0.0987. The molecule has 1 aromatic heterocycles. The number of aromatic nitrogens is 1. The van der Waals surface area contributed by atoms with E-state index < -0.39 is 38.7 Å². The minimum atomic E-state index is -4.23. The third-order valence-electron chi connectivity index (χ3n) is 5.88. The number of aryl methyl sites for hydroxylation is 2. The van der Waals surface area contributed by atoms with Crippen molar-refractivity contribution in [1.82, 2.24) is 14.6 Å². The van der Waals surface area contributed by atoms with Crippen LogP contribution < -0.4 is 9.62 Å². The van der Waals surface area contributed by atoms with Gasteiger partial charge in [0.1, 0.15) is 10.7 Å². The van der Waals surface area contributed by atoms with E-state index in [0.29, 0.717) is 23.5 Å². The number of carbonyl (C=O) groups excluding carboxylic acids is 1. The molecule has 0 unspecified atom stereocenters. The molecule has 1 saturated carbocycles. The Morgan fingerprint density at radius 1 is 1.38 bits per heavy atom. The first kappa shape index (κ1) is 19.1. The van der Waals surface area contributed by atoms with Gasteiger partial charge in [0.2, 0.25) is 16.0 Å². The second-order valence-electron chi connectivity index (χ2n) is 8.73. The van der Waals surface area contributed by atoms with Gasteiger partial charge in [-0.25, -0.2) is 22.5 Å². The summed E-state index contributed by atoms with van der Waals surface area (Å²) in [6, 6.07) is 1.76. The van der Waals surface area contributed by atoms with Crippen LogP contribution in [0.25, 0.3) is 0 Å². The predicted octanol–water partition coefficient (Wildman–Crippen LogP) is 2.95. The van der Waals surface area contributed by atoms with Crippen LogP contribution in [0.1, 0.15) is 55.4 Å². The molecule has 1 aromatic carbocycles. The van der Waals surface area contributed by atoms with Crippen molar-refractivity contribution in [1.29, 1.82) is 0 Å². The summed E-state index contributed by atoms with van der Waals surface area (Å²) in [4.78, 5) is 24.5. The molecule has 1 N–H and O–H groups in total. The summed E-state index contributed by atoms with van der Waals surface area (Å²) in [6.45, 7) is 4.94. The Kier molecular flexibility index (Phi) is 4.22. The average Bonchev–Trinajstić information content (AvgIpc) is 3.14. The molecule has 1 atom stereocenters. The molecular formula is C21H24FN5O3S2. The van der Waals surface area contributed by atoms with E-state index in [2.05, 4.69) is 14.7 Å². The van der Waals surface area contributed by atoms with Crippen LogP contribution in [0.4, 0.5) is 10.1 Å². The lowest BCUT2D eigenvalue weighted by atomic mass is 10.1. The molecule has 0 spiro atoms. The molecule has 0 saturated heterocycles. The highest BCUT2D eigenvalue weighted by molar-refractivity contribution is 7.89. The van der Waals surface area contributed by atoms with E-state index in [4.69, 9.17) is 2.74 Å². The summed E-state index contributed by atoms with van der Waals surface area (Å²) in [5, 5.41) is 0.648. The standard InChI is InChI=1S/C21H24FN5O3S2/c1-11-9-23-20-26(10-17-12(2)24-13(3)31-17)19(28)14-7-18(15(22)8-16(14)27(11)20)32(29,30)25-21(4)5-6-21/h7-8,11,25H,5-6,9-10H2,1-4H3/t11-/m1/s1/i10D2. The van der Waals surface area contributed by atoms with Crippen molar-refractivity contribution in [3.8, 4) is 0 Å². The van der Waals surface area contributed by atoms with Crippen molar-refractivity contribution in [3.05, 3.63) is 39.1 Å². The van der Waals surface area contributed by atoms with Crippen LogP contribution in [0.5, 0.6) is 0 Å². The first-order valence-corrected chi connectivity index (χ1v) is 12.6. The molecule has 8 nitrogen and oxygen atoms in total. The third-order valence-corrected chi connectivity index (χ3v) is 8.51. The molecule has 1 fully saturated rings. The number of nitrogens with one attached hydrogen (secondary N) is 1. The van der Waals surface area contributed by atoms with Gasteiger partial charge in [-0.15, -0.1) is 11.3 Å². The zero-order valence-electron chi connectivity index (χ0n) is 20.1. The fraction of sp³-hybridized carbons (Fsp3) is 0.476. The summed E-state index contributed by atoms with van der Waals surface area (Å²) >= 11 is 1.14. The van der Waals surface area contributed by atoms with Gasteiger partial charge in [-0.05, 0) is 52.7 Å². The maximum Gasteiger partial charge on any atom is 0.263 e. The number of aliphatic imine (C=N–C) groups is 1. The number of guanidine groups is 1. The van der Waals surface area contributed by atoms with Gasteiger partial charge in [-0.1, -0.05) is 0 Å². The van der Waals surface area contributed by atoms with E-state index in [0.717, 1.165) is 28.4 Å². The Morgan fingerprint density at radius 2 is 2.09 bits per heavy atom. The third kappa shape index (κ3) is 3.43. The molecular weight excluding hydrogens is 453 g/mol. The van der Waals surface area contributed by atoms with E-state index in [-0.39, 0.29) is 34.7 Å². The van der Waals surface area contributed by atoms with Gasteiger partial charge in [0, 0.05) is 10.4 Å². The number of benzene rings is 1. The molecule has 5 rings (SSSR count). The number of fused-ring (bicyclic) bond motifs is 3. The zero-order valence-corrected chi connectivity index (χ0v) is 19.7. The lowest BCUT2D eigenvalue weighted by Gasteiger charge is -2.38. The van der Waals surface area contributed by atoms with E-state index in [1.807, 2.05) is 6.92 Å². The highest BCUT2D eigenvalue weighted by atomic mass is 32.2. The molecule has 3 aliphatic rings. The lowest BCUT2D eigenvalue weighted by Crippen LogP contribution is -2.52. The van der Waals surface area contributed by atoms with Crippen molar-refractivity contribution < 1.29 is 20.3 Å². The average molecular weight is 480 g/mol. The molecule has 32 heavy (non-hydrogen) atoms. The summed E-state index contributed by atoms with van der Waals surface area (Å²) in [7, 11) is -4.23.